The van der Waals surface area contributed by atoms with Crippen molar-refractivity contribution in [2.24, 2.45) is 5.41 Å². The van der Waals surface area contributed by atoms with Gasteiger partial charge in [-0.3, -0.25) is 9.59 Å². The average Bonchev–Trinajstić information content (AvgIpc) is 3.00. The Morgan fingerprint density at radius 1 is 1.20 bits per heavy atom. The molecule has 5 heteroatoms. The minimum absolute atomic E-state index is 0.0225. The Kier molecular flexibility index (Phi) is 6.45. The number of unbranched alkanes of at least 4 members (excludes halogenated alkanes) is 2. The highest BCUT2D eigenvalue weighted by Gasteiger charge is 2.28. The third-order valence-electron chi connectivity index (χ3n) is 4.60. The van der Waals surface area contributed by atoms with Crippen LogP contribution in [0.5, 0.6) is 5.75 Å². The van der Waals surface area contributed by atoms with Crippen molar-refractivity contribution in [1.29, 1.82) is 0 Å². The molecule has 0 spiro atoms. The van der Waals surface area contributed by atoms with E-state index in [1.54, 1.807) is 6.07 Å². The minimum Gasteiger partial charge on any atom is -0.493 e. The zero-order valence-corrected chi connectivity index (χ0v) is 15.8. The van der Waals surface area contributed by atoms with Crippen LogP contribution in [0.4, 0.5) is 5.69 Å². The number of ether oxygens (including phenoxy) is 1. The van der Waals surface area contributed by atoms with E-state index in [2.05, 4.69) is 38.3 Å². The number of rotatable bonds is 6. The fourth-order valence-corrected chi connectivity index (χ4v) is 3.00. The monoisotopic (exact) mass is 346 g/mol. The summed E-state index contributed by atoms with van der Waals surface area (Å²) in [4.78, 5) is 24.6. The second kappa shape index (κ2) is 8.37. The second-order valence-corrected chi connectivity index (χ2v) is 7.76. The first-order valence-electron chi connectivity index (χ1n) is 9.19. The number of fused-ring (bicyclic) bond motifs is 1. The van der Waals surface area contributed by atoms with E-state index in [-0.39, 0.29) is 11.5 Å². The maximum Gasteiger partial charge on any atom is 0.313 e. The Balaban J connectivity index is 1.94. The molecule has 0 fully saturated rings. The lowest BCUT2D eigenvalue weighted by molar-refractivity contribution is -0.137. The maximum atomic E-state index is 12.3. The predicted octanol–water partition coefficient (Wildman–Crippen LogP) is 3.67. The van der Waals surface area contributed by atoms with Crippen molar-refractivity contribution in [3.05, 3.63) is 23.8 Å². The third kappa shape index (κ3) is 5.48. The minimum atomic E-state index is -0.622. The maximum absolute atomic E-state index is 12.3. The van der Waals surface area contributed by atoms with E-state index >= 15 is 0 Å². The molecule has 138 valence electrons. The second-order valence-electron chi connectivity index (χ2n) is 7.76. The number of carbonyl (C=O) groups excluding carboxylic acids is 2. The van der Waals surface area contributed by atoms with E-state index < -0.39 is 11.8 Å². The van der Waals surface area contributed by atoms with Gasteiger partial charge < -0.3 is 15.4 Å². The molecule has 0 bridgehead atoms. The molecule has 0 aromatic heterocycles. The summed E-state index contributed by atoms with van der Waals surface area (Å²) in [5.41, 5.74) is 1.60. The van der Waals surface area contributed by atoms with Gasteiger partial charge >= 0.3 is 11.8 Å². The lowest BCUT2D eigenvalue weighted by atomic mass is 9.83. The van der Waals surface area contributed by atoms with Gasteiger partial charge in [-0.2, -0.15) is 0 Å². The Labute approximate surface area is 150 Å². The lowest BCUT2D eigenvalue weighted by Crippen LogP contribution is -2.47. The summed E-state index contributed by atoms with van der Waals surface area (Å²) in [5.74, 6) is -0.344. The number of carbonyl (C=O) groups is 2. The number of hydrogen-bond donors (Lipinski definition) is 2. The van der Waals surface area contributed by atoms with E-state index in [0.29, 0.717) is 12.3 Å². The summed E-state index contributed by atoms with van der Waals surface area (Å²) in [6, 6.07) is 5.44. The van der Waals surface area contributed by atoms with Crippen molar-refractivity contribution in [1.82, 2.24) is 5.32 Å². The molecule has 0 aliphatic carbocycles. The molecule has 5 nitrogen and oxygen atoms in total. The van der Waals surface area contributed by atoms with E-state index in [9.17, 15) is 9.59 Å². The molecule has 2 amide bonds. The molecule has 1 atom stereocenters. The number of amides is 2. The Morgan fingerprint density at radius 2 is 1.96 bits per heavy atom. The van der Waals surface area contributed by atoms with Gasteiger partial charge in [0.15, 0.2) is 0 Å². The summed E-state index contributed by atoms with van der Waals surface area (Å²) in [7, 11) is 0. The molecule has 1 heterocycles. The van der Waals surface area contributed by atoms with Gasteiger partial charge in [0.1, 0.15) is 5.75 Å². The standard InChI is InChI=1S/C20H30N2O3/c1-5-6-7-8-17(20(2,3)4)22-19(24)18(23)21-15-9-10-16-14(13-15)11-12-25-16/h9-10,13,17H,5-8,11-12H2,1-4H3,(H,21,23)(H,22,24). The van der Waals surface area contributed by atoms with Gasteiger partial charge in [-0.25, -0.2) is 0 Å². The molecular weight excluding hydrogens is 316 g/mol. The number of hydrogen-bond acceptors (Lipinski definition) is 3. The number of nitrogens with one attached hydrogen (secondary N) is 2. The Hall–Kier alpha value is -2.04. The highest BCUT2D eigenvalue weighted by atomic mass is 16.5. The van der Waals surface area contributed by atoms with E-state index in [1.807, 2.05) is 12.1 Å². The quantitative estimate of drug-likeness (QED) is 0.610. The third-order valence-corrected chi connectivity index (χ3v) is 4.60. The molecule has 0 saturated heterocycles. The van der Waals surface area contributed by atoms with Crippen LogP contribution in [-0.4, -0.2) is 24.5 Å². The first-order chi connectivity index (χ1) is 11.8. The van der Waals surface area contributed by atoms with Crippen molar-refractivity contribution in [3.63, 3.8) is 0 Å². The molecule has 1 aliphatic heterocycles. The summed E-state index contributed by atoms with van der Waals surface area (Å²) in [6.45, 7) is 9.07. The number of anilines is 1. The molecule has 2 rings (SSSR count). The summed E-state index contributed by atoms with van der Waals surface area (Å²) in [6.07, 6.45) is 5.02. The van der Waals surface area contributed by atoms with Crippen LogP contribution in [0.1, 0.15) is 58.9 Å². The van der Waals surface area contributed by atoms with Gasteiger partial charge in [0.05, 0.1) is 6.61 Å². The Bertz CT molecular complexity index is 620. The van der Waals surface area contributed by atoms with Gasteiger partial charge in [0, 0.05) is 18.2 Å². The molecular formula is C20H30N2O3. The Morgan fingerprint density at radius 3 is 2.64 bits per heavy atom. The zero-order valence-electron chi connectivity index (χ0n) is 15.8. The topological polar surface area (TPSA) is 67.4 Å². The highest BCUT2D eigenvalue weighted by Crippen LogP contribution is 2.28. The first-order valence-corrected chi connectivity index (χ1v) is 9.19. The van der Waals surface area contributed by atoms with Crippen LogP contribution < -0.4 is 15.4 Å². The smallest absolute Gasteiger partial charge is 0.313 e. The van der Waals surface area contributed by atoms with E-state index in [0.717, 1.165) is 43.4 Å². The molecule has 2 N–H and O–H groups in total. The van der Waals surface area contributed by atoms with E-state index in [1.165, 1.54) is 0 Å². The van der Waals surface area contributed by atoms with Crippen molar-refractivity contribution in [2.75, 3.05) is 11.9 Å². The molecule has 1 aromatic carbocycles. The summed E-state index contributed by atoms with van der Waals surface area (Å²) >= 11 is 0. The van der Waals surface area contributed by atoms with Crippen molar-refractivity contribution < 1.29 is 14.3 Å². The predicted molar refractivity (Wildman–Crippen MR) is 99.8 cm³/mol. The fourth-order valence-electron chi connectivity index (χ4n) is 3.00. The zero-order chi connectivity index (χ0) is 18.4. The van der Waals surface area contributed by atoms with Crippen molar-refractivity contribution in [3.8, 4) is 5.75 Å². The molecule has 1 aliphatic rings. The summed E-state index contributed by atoms with van der Waals surface area (Å²) < 4.78 is 5.45. The molecule has 0 radical (unpaired) electrons. The highest BCUT2D eigenvalue weighted by molar-refractivity contribution is 6.39. The summed E-state index contributed by atoms with van der Waals surface area (Å²) in [5, 5.41) is 5.60. The van der Waals surface area contributed by atoms with Crippen LogP contribution in [0.25, 0.3) is 0 Å². The van der Waals surface area contributed by atoms with Crippen LogP contribution in [0.3, 0.4) is 0 Å². The first kappa shape index (κ1) is 19.3. The van der Waals surface area contributed by atoms with Gasteiger partial charge in [-0.15, -0.1) is 0 Å². The molecule has 0 saturated carbocycles. The van der Waals surface area contributed by atoms with Gasteiger partial charge in [-0.1, -0.05) is 47.0 Å². The molecule has 25 heavy (non-hydrogen) atoms. The van der Waals surface area contributed by atoms with Crippen LogP contribution in [-0.2, 0) is 16.0 Å². The van der Waals surface area contributed by atoms with Crippen LogP contribution >= 0.6 is 0 Å². The van der Waals surface area contributed by atoms with E-state index in [4.69, 9.17) is 4.74 Å². The van der Waals surface area contributed by atoms with Crippen LogP contribution in [0.15, 0.2) is 18.2 Å². The molecule has 1 unspecified atom stereocenters. The number of benzene rings is 1. The largest absolute Gasteiger partial charge is 0.493 e. The van der Waals surface area contributed by atoms with Gasteiger partial charge in [-0.05, 0) is 35.6 Å². The SMILES string of the molecule is CCCCCC(NC(=O)C(=O)Nc1ccc2c(c1)CCO2)C(C)(C)C. The van der Waals surface area contributed by atoms with Crippen molar-refractivity contribution in [2.45, 2.75) is 65.8 Å². The van der Waals surface area contributed by atoms with Crippen LogP contribution in [0.2, 0.25) is 0 Å². The fraction of sp³-hybridized carbons (Fsp3) is 0.600. The van der Waals surface area contributed by atoms with Gasteiger partial charge in [0.2, 0.25) is 0 Å². The lowest BCUT2D eigenvalue weighted by Gasteiger charge is -2.31. The normalized spacial score (nSPS) is 14.4. The average molecular weight is 346 g/mol. The van der Waals surface area contributed by atoms with Crippen molar-refractivity contribution >= 4 is 17.5 Å². The van der Waals surface area contributed by atoms with Crippen LogP contribution in [0, 0.1) is 5.41 Å². The van der Waals surface area contributed by atoms with Gasteiger partial charge in [0.25, 0.3) is 0 Å². The molecule has 1 aromatic rings.